The van der Waals surface area contributed by atoms with Crippen LogP contribution in [0, 0.1) is 5.21 Å². The van der Waals surface area contributed by atoms with Crippen LogP contribution in [0.5, 0.6) is 5.75 Å². The van der Waals surface area contributed by atoms with Crippen LogP contribution in [-0.4, -0.2) is 33.3 Å². The molecule has 2 aromatic carbocycles. The van der Waals surface area contributed by atoms with Gasteiger partial charge in [-0.3, -0.25) is 5.21 Å². The Labute approximate surface area is 151 Å². The minimum Gasteiger partial charge on any atom is -0.733 e. The number of nitrogens with zero attached hydrogens (tertiary/aromatic N) is 1. The standard InChI is InChI=1S/C17H18NO7S/c1-3-25-17(19)12-4-5-13(16(10-12)18(20)21)11-26(22,23)15-8-6-14(24-2)7-9-15/h4-10,20H,3,11H2,1-2H3/q-1. The number of carbonyl (C=O) groups is 1. The molecule has 0 aliphatic rings. The molecule has 0 saturated heterocycles. The topological polar surface area (TPSA) is 116 Å². The molecule has 0 heterocycles. The van der Waals surface area contributed by atoms with Crippen molar-refractivity contribution in [3.05, 3.63) is 58.8 Å². The van der Waals surface area contributed by atoms with Crippen molar-refractivity contribution < 1.29 is 27.9 Å². The number of ether oxygens (including phenoxy) is 2. The first kappa shape index (κ1) is 19.7. The van der Waals surface area contributed by atoms with Gasteiger partial charge in [-0.2, -0.15) is 0 Å². The zero-order chi connectivity index (χ0) is 19.3. The van der Waals surface area contributed by atoms with Gasteiger partial charge in [0, 0.05) is 0 Å². The molecule has 0 aromatic heterocycles. The molecule has 0 atom stereocenters. The maximum Gasteiger partial charge on any atom is 0.338 e. The first-order chi connectivity index (χ1) is 12.3. The number of rotatable bonds is 7. The van der Waals surface area contributed by atoms with Crippen molar-refractivity contribution in [3.8, 4) is 5.75 Å². The number of hydrogen-bond acceptors (Lipinski definition) is 8. The number of hydrogen-bond donors (Lipinski definition) is 1. The van der Waals surface area contributed by atoms with Crippen molar-refractivity contribution in [1.82, 2.24) is 0 Å². The van der Waals surface area contributed by atoms with Crippen molar-refractivity contribution >= 4 is 21.5 Å². The Morgan fingerprint density at radius 3 is 2.38 bits per heavy atom. The molecule has 0 aliphatic heterocycles. The summed E-state index contributed by atoms with van der Waals surface area (Å²) < 4.78 is 34.9. The summed E-state index contributed by atoms with van der Waals surface area (Å²) in [7, 11) is -2.32. The largest absolute Gasteiger partial charge is 0.733 e. The van der Waals surface area contributed by atoms with Crippen LogP contribution >= 0.6 is 0 Å². The van der Waals surface area contributed by atoms with Crippen molar-refractivity contribution in [2.24, 2.45) is 0 Å². The maximum atomic E-state index is 12.6. The zero-order valence-corrected chi connectivity index (χ0v) is 15.0. The summed E-state index contributed by atoms with van der Waals surface area (Å²) in [6.45, 7) is 1.77. The molecule has 0 bridgehead atoms. The Bertz CT molecular complexity index is 876. The Morgan fingerprint density at radius 1 is 1.19 bits per heavy atom. The van der Waals surface area contributed by atoms with Crippen LogP contribution in [0.2, 0.25) is 0 Å². The first-order valence-electron chi connectivity index (χ1n) is 7.61. The average molecular weight is 380 g/mol. The molecule has 140 valence electrons. The van der Waals surface area contributed by atoms with Gasteiger partial charge >= 0.3 is 5.97 Å². The van der Waals surface area contributed by atoms with Crippen molar-refractivity contribution in [3.63, 3.8) is 0 Å². The van der Waals surface area contributed by atoms with Gasteiger partial charge in [-0.1, -0.05) is 6.07 Å². The van der Waals surface area contributed by atoms with Crippen LogP contribution < -0.4 is 9.96 Å². The number of esters is 1. The third-order valence-electron chi connectivity index (χ3n) is 3.57. The minimum absolute atomic E-state index is 0.0299. The van der Waals surface area contributed by atoms with E-state index >= 15 is 0 Å². The highest BCUT2D eigenvalue weighted by atomic mass is 32.2. The fraction of sp³-hybridized carbons (Fsp3) is 0.235. The lowest BCUT2D eigenvalue weighted by molar-refractivity contribution is 0.0526. The molecule has 9 heteroatoms. The molecule has 2 aromatic rings. The van der Waals surface area contributed by atoms with Crippen molar-refractivity contribution in [1.29, 1.82) is 0 Å². The zero-order valence-electron chi connectivity index (χ0n) is 14.2. The Hall–Kier alpha value is -2.62. The normalized spacial score (nSPS) is 11.1. The smallest absolute Gasteiger partial charge is 0.338 e. The molecule has 8 nitrogen and oxygen atoms in total. The summed E-state index contributed by atoms with van der Waals surface area (Å²) in [5, 5.41) is 20.2. The summed E-state index contributed by atoms with van der Waals surface area (Å²) in [6, 6.07) is 9.49. The fourth-order valence-electron chi connectivity index (χ4n) is 2.28. The van der Waals surface area contributed by atoms with Crippen molar-refractivity contribution in [2.75, 3.05) is 18.9 Å². The van der Waals surface area contributed by atoms with Crippen LogP contribution in [-0.2, 0) is 20.3 Å². The summed E-state index contributed by atoms with van der Waals surface area (Å²) in [6.07, 6.45) is 0. The molecule has 1 N–H and O–H groups in total. The second kappa shape index (κ2) is 8.17. The molecule has 0 amide bonds. The number of methoxy groups -OCH3 is 1. The van der Waals surface area contributed by atoms with Gasteiger partial charge in [0.25, 0.3) is 0 Å². The van der Waals surface area contributed by atoms with Crippen molar-refractivity contribution in [2.45, 2.75) is 17.6 Å². The van der Waals surface area contributed by atoms with Gasteiger partial charge in [-0.15, -0.1) is 0 Å². The molecule has 2 rings (SSSR count). The summed E-state index contributed by atoms with van der Waals surface area (Å²) in [4.78, 5) is 11.8. The molecular weight excluding hydrogens is 362 g/mol. The van der Waals surface area contributed by atoms with Gasteiger partial charge in [0.15, 0.2) is 9.84 Å². The Morgan fingerprint density at radius 2 is 1.85 bits per heavy atom. The van der Waals surface area contributed by atoms with Crippen LogP contribution in [0.25, 0.3) is 0 Å². The lowest BCUT2D eigenvalue weighted by atomic mass is 10.1. The van der Waals surface area contributed by atoms with Gasteiger partial charge in [0.1, 0.15) is 5.75 Å². The van der Waals surface area contributed by atoms with Gasteiger partial charge in [-0.05, 0) is 48.9 Å². The third kappa shape index (κ3) is 4.51. The third-order valence-corrected chi connectivity index (χ3v) is 5.25. The molecule has 0 saturated carbocycles. The average Bonchev–Trinajstić information content (AvgIpc) is 2.61. The Kier molecular flexibility index (Phi) is 6.19. The second-order valence-electron chi connectivity index (χ2n) is 5.27. The maximum absolute atomic E-state index is 12.6. The van der Waals surface area contributed by atoms with Gasteiger partial charge in [0.2, 0.25) is 0 Å². The van der Waals surface area contributed by atoms with E-state index < -0.39 is 26.8 Å². The molecule has 0 radical (unpaired) electrons. The summed E-state index contributed by atoms with van der Waals surface area (Å²) in [5.41, 5.74) is -0.263. The predicted molar refractivity (Wildman–Crippen MR) is 93.9 cm³/mol. The SMILES string of the molecule is CCOC(=O)c1ccc(CS(=O)(=O)c2ccc(OC)cc2)c(N([O-])O)c1. The van der Waals surface area contributed by atoms with Gasteiger partial charge in [-0.25, -0.2) is 13.2 Å². The highest BCUT2D eigenvalue weighted by Gasteiger charge is 2.19. The molecular formula is C17H18NO7S-. The van der Waals surface area contributed by atoms with E-state index in [1.807, 2.05) is 0 Å². The number of carbonyl (C=O) groups excluding carboxylic acids is 1. The number of sulfone groups is 1. The van der Waals surface area contributed by atoms with E-state index in [1.54, 1.807) is 6.92 Å². The van der Waals surface area contributed by atoms with E-state index in [4.69, 9.17) is 9.47 Å². The summed E-state index contributed by atoms with van der Waals surface area (Å²) >= 11 is 0. The number of anilines is 1. The molecule has 0 aliphatic carbocycles. The second-order valence-corrected chi connectivity index (χ2v) is 7.26. The lowest BCUT2D eigenvalue weighted by Crippen LogP contribution is -2.15. The van der Waals surface area contributed by atoms with Crippen LogP contribution in [0.3, 0.4) is 0 Å². The molecule has 0 fully saturated rings. The van der Waals surface area contributed by atoms with Crippen LogP contribution in [0.4, 0.5) is 5.69 Å². The van der Waals surface area contributed by atoms with Crippen LogP contribution in [0.1, 0.15) is 22.8 Å². The molecule has 0 unspecified atom stereocenters. The highest BCUT2D eigenvalue weighted by molar-refractivity contribution is 7.90. The van der Waals surface area contributed by atoms with E-state index in [0.29, 0.717) is 5.75 Å². The molecule has 26 heavy (non-hydrogen) atoms. The van der Waals surface area contributed by atoms with E-state index in [2.05, 4.69) is 0 Å². The van der Waals surface area contributed by atoms with E-state index in [9.17, 15) is 23.6 Å². The van der Waals surface area contributed by atoms with Crippen LogP contribution in [0.15, 0.2) is 47.4 Å². The summed E-state index contributed by atoms with van der Waals surface area (Å²) in [5.74, 6) is -0.707. The first-order valence-corrected chi connectivity index (χ1v) is 9.26. The van der Waals surface area contributed by atoms with E-state index in [1.165, 1.54) is 43.5 Å². The predicted octanol–water partition coefficient (Wildman–Crippen LogP) is 2.54. The van der Waals surface area contributed by atoms with Gasteiger partial charge < -0.3 is 19.9 Å². The fourth-order valence-corrected chi connectivity index (χ4v) is 3.65. The number of benzene rings is 2. The Balaban J connectivity index is 2.36. The quantitative estimate of drug-likeness (QED) is 0.575. The van der Waals surface area contributed by atoms with Gasteiger partial charge in [0.05, 0.1) is 35.6 Å². The van der Waals surface area contributed by atoms with E-state index in [0.717, 1.165) is 6.07 Å². The van der Waals surface area contributed by atoms with E-state index in [-0.39, 0.29) is 28.3 Å². The lowest BCUT2D eigenvalue weighted by Gasteiger charge is -2.25. The highest BCUT2D eigenvalue weighted by Crippen LogP contribution is 2.27. The molecule has 0 spiro atoms. The monoisotopic (exact) mass is 380 g/mol. The minimum atomic E-state index is -3.79.